The summed E-state index contributed by atoms with van der Waals surface area (Å²) < 4.78 is 0. The van der Waals surface area contributed by atoms with Crippen LogP contribution in [0, 0.1) is 0 Å². The van der Waals surface area contributed by atoms with E-state index in [0.29, 0.717) is 12.1 Å². The molecule has 0 saturated heterocycles. The topological polar surface area (TPSA) is 73.7 Å². The van der Waals surface area contributed by atoms with Crippen LogP contribution in [0.15, 0.2) is 42.6 Å². The Kier molecular flexibility index (Phi) is 3.66. The fourth-order valence-corrected chi connectivity index (χ4v) is 1.68. The lowest BCUT2D eigenvalue weighted by Gasteiger charge is -2.16. The number of aromatic hydroxyl groups is 2. The molecule has 5 heteroatoms. The first-order valence-corrected chi connectivity index (χ1v) is 5.75. The quantitative estimate of drug-likeness (QED) is 0.823. The average Bonchev–Trinajstić information content (AvgIpc) is 2.42. The minimum Gasteiger partial charge on any atom is -0.504 e. The SMILES string of the molecule is CN(Cc1ccccn1)C(=O)c1ccc(O)c(O)c1. The highest BCUT2D eigenvalue weighted by atomic mass is 16.3. The molecule has 0 atom stereocenters. The molecule has 0 radical (unpaired) electrons. The van der Waals surface area contributed by atoms with Crippen LogP contribution < -0.4 is 0 Å². The molecule has 2 N–H and O–H groups in total. The highest BCUT2D eigenvalue weighted by molar-refractivity contribution is 5.94. The molecule has 0 aliphatic rings. The van der Waals surface area contributed by atoms with Gasteiger partial charge in [-0.3, -0.25) is 9.78 Å². The van der Waals surface area contributed by atoms with Crippen LogP contribution in [-0.4, -0.2) is 33.1 Å². The van der Waals surface area contributed by atoms with Crippen LogP contribution in [0.25, 0.3) is 0 Å². The Morgan fingerprint density at radius 3 is 2.63 bits per heavy atom. The summed E-state index contributed by atoms with van der Waals surface area (Å²) in [6.07, 6.45) is 1.67. The summed E-state index contributed by atoms with van der Waals surface area (Å²) in [7, 11) is 1.65. The summed E-state index contributed by atoms with van der Waals surface area (Å²) in [4.78, 5) is 17.8. The van der Waals surface area contributed by atoms with E-state index >= 15 is 0 Å². The molecule has 0 spiro atoms. The van der Waals surface area contributed by atoms with Crippen molar-refractivity contribution >= 4 is 5.91 Å². The zero-order valence-corrected chi connectivity index (χ0v) is 10.4. The van der Waals surface area contributed by atoms with Crippen LogP contribution in [0.1, 0.15) is 16.1 Å². The number of benzene rings is 1. The Hall–Kier alpha value is -2.56. The Balaban J connectivity index is 2.12. The van der Waals surface area contributed by atoms with Crippen molar-refractivity contribution in [2.45, 2.75) is 6.54 Å². The van der Waals surface area contributed by atoms with Gasteiger partial charge in [-0.15, -0.1) is 0 Å². The smallest absolute Gasteiger partial charge is 0.254 e. The average molecular weight is 258 g/mol. The molecule has 1 aromatic heterocycles. The first kappa shape index (κ1) is 12.9. The van der Waals surface area contributed by atoms with Gasteiger partial charge in [0, 0.05) is 18.8 Å². The van der Waals surface area contributed by atoms with E-state index in [-0.39, 0.29) is 17.4 Å². The molecule has 0 aliphatic carbocycles. The lowest BCUT2D eigenvalue weighted by molar-refractivity contribution is 0.0783. The highest BCUT2D eigenvalue weighted by Gasteiger charge is 2.14. The molecule has 0 aliphatic heterocycles. The Labute approximate surface area is 110 Å². The van der Waals surface area contributed by atoms with Crippen molar-refractivity contribution in [3.05, 3.63) is 53.9 Å². The standard InChI is InChI=1S/C14H14N2O3/c1-16(9-11-4-2-3-7-15-11)14(19)10-5-6-12(17)13(18)8-10/h2-8,17-18H,9H2,1H3. The van der Waals surface area contributed by atoms with E-state index in [0.717, 1.165) is 5.69 Å². The number of phenolic OH excluding ortho intramolecular Hbond substituents is 2. The Bertz CT molecular complexity index is 584. The van der Waals surface area contributed by atoms with E-state index < -0.39 is 0 Å². The van der Waals surface area contributed by atoms with Gasteiger partial charge in [0.05, 0.1) is 12.2 Å². The molecule has 5 nitrogen and oxygen atoms in total. The number of amides is 1. The van der Waals surface area contributed by atoms with E-state index in [1.165, 1.54) is 23.1 Å². The van der Waals surface area contributed by atoms with Crippen molar-refractivity contribution in [2.75, 3.05) is 7.05 Å². The molecule has 2 rings (SSSR count). The summed E-state index contributed by atoms with van der Waals surface area (Å²) >= 11 is 0. The second-order valence-corrected chi connectivity index (χ2v) is 4.19. The van der Waals surface area contributed by atoms with Gasteiger partial charge in [0.15, 0.2) is 11.5 Å². The maximum absolute atomic E-state index is 12.1. The van der Waals surface area contributed by atoms with E-state index in [2.05, 4.69) is 4.98 Å². The normalized spacial score (nSPS) is 10.2. The molecule has 0 unspecified atom stereocenters. The number of nitrogens with zero attached hydrogens (tertiary/aromatic N) is 2. The molecule has 1 heterocycles. The molecule has 0 saturated carbocycles. The van der Waals surface area contributed by atoms with Gasteiger partial charge in [0.25, 0.3) is 5.91 Å². The summed E-state index contributed by atoms with van der Waals surface area (Å²) in [5.74, 6) is -0.804. The second-order valence-electron chi connectivity index (χ2n) is 4.19. The predicted octanol–water partition coefficient (Wildman–Crippen LogP) is 1.77. The van der Waals surface area contributed by atoms with Crippen LogP contribution in [-0.2, 0) is 6.54 Å². The maximum Gasteiger partial charge on any atom is 0.254 e. The largest absolute Gasteiger partial charge is 0.504 e. The molecule has 1 aromatic carbocycles. The minimum absolute atomic E-state index is 0.246. The van der Waals surface area contributed by atoms with Crippen LogP contribution in [0.3, 0.4) is 0 Å². The van der Waals surface area contributed by atoms with Gasteiger partial charge in [-0.05, 0) is 30.3 Å². The summed E-state index contributed by atoms with van der Waals surface area (Å²) in [5, 5.41) is 18.6. The first-order chi connectivity index (χ1) is 9.08. The lowest BCUT2D eigenvalue weighted by atomic mass is 10.1. The van der Waals surface area contributed by atoms with Crippen LogP contribution in [0.4, 0.5) is 0 Å². The van der Waals surface area contributed by atoms with Crippen molar-refractivity contribution in [1.82, 2.24) is 9.88 Å². The van der Waals surface area contributed by atoms with Crippen molar-refractivity contribution in [2.24, 2.45) is 0 Å². The fourth-order valence-electron chi connectivity index (χ4n) is 1.68. The maximum atomic E-state index is 12.1. The van der Waals surface area contributed by atoms with Gasteiger partial charge >= 0.3 is 0 Å². The lowest BCUT2D eigenvalue weighted by Crippen LogP contribution is -2.26. The molecule has 1 amide bonds. The number of hydrogen-bond acceptors (Lipinski definition) is 4. The van der Waals surface area contributed by atoms with E-state index in [1.807, 2.05) is 18.2 Å². The Morgan fingerprint density at radius 1 is 1.21 bits per heavy atom. The van der Waals surface area contributed by atoms with E-state index in [4.69, 9.17) is 0 Å². The third-order valence-corrected chi connectivity index (χ3v) is 2.69. The van der Waals surface area contributed by atoms with Gasteiger partial charge in [-0.1, -0.05) is 6.07 Å². The molecule has 0 fully saturated rings. The van der Waals surface area contributed by atoms with E-state index in [1.54, 1.807) is 13.2 Å². The highest BCUT2D eigenvalue weighted by Crippen LogP contribution is 2.25. The number of aromatic nitrogens is 1. The second kappa shape index (κ2) is 5.39. The number of rotatable bonds is 3. The van der Waals surface area contributed by atoms with Gasteiger partial charge in [0.2, 0.25) is 0 Å². The number of carbonyl (C=O) groups is 1. The van der Waals surface area contributed by atoms with Crippen LogP contribution in [0.5, 0.6) is 11.5 Å². The third-order valence-electron chi connectivity index (χ3n) is 2.69. The molecule has 19 heavy (non-hydrogen) atoms. The van der Waals surface area contributed by atoms with Gasteiger partial charge < -0.3 is 15.1 Å². The molecule has 98 valence electrons. The molecular weight excluding hydrogens is 244 g/mol. The Morgan fingerprint density at radius 2 is 2.00 bits per heavy atom. The van der Waals surface area contributed by atoms with Crippen LogP contribution >= 0.6 is 0 Å². The van der Waals surface area contributed by atoms with Crippen molar-refractivity contribution in [1.29, 1.82) is 0 Å². The van der Waals surface area contributed by atoms with Crippen molar-refractivity contribution in [3.63, 3.8) is 0 Å². The van der Waals surface area contributed by atoms with Gasteiger partial charge in [-0.2, -0.15) is 0 Å². The molecule has 2 aromatic rings. The minimum atomic E-state index is -0.308. The zero-order chi connectivity index (χ0) is 13.8. The number of phenols is 2. The number of carbonyl (C=O) groups excluding carboxylic acids is 1. The third kappa shape index (κ3) is 3.01. The van der Waals surface area contributed by atoms with Gasteiger partial charge in [0.1, 0.15) is 0 Å². The number of hydrogen-bond donors (Lipinski definition) is 2. The van der Waals surface area contributed by atoms with Crippen molar-refractivity contribution < 1.29 is 15.0 Å². The summed E-state index contributed by atoms with van der Waals surface area (Å²) in [6, 6.07) is 9.49. The van der Waals surface area contributed by atoms with E-state index in [9.17, 15) is 15.0 Å². The van der Waals surface area contributed by atoms with Gasteiger partial charge in [-0.25, -0.2) is 0 Å². The number of pyridine rings is 1. The zero-order valence-electron chi connectivity index (χ0n) is 10.4. The molecule has 0 bridgehead atoms. The fraction of sp³-hybridized carbons (Fsp3) is 0.143. The molecular formula is C14H14N2O3. The predicted molar refractivity (Wildman–Crippen MR) is 69.8 cm³/mol. The summed E-state index contributed by atoms with van der Waals surface area (Å²) in [6.45, 7) is 0.376. The monoisotopic (exact) mass is 258 g/mol. The van der Waals surface area contributed by atoms with Crippen LogP contribution in [0.2, 0.25) is 0 Å². The first-order valence-electron chi connectivity index (χ1n) is 5.75. The van der Waals surface area contributed by atoms with Crippen molar-refractivity contribution in [3.8, 4) is 11.5 Å². The summed E-state index contributed by atoms with van der Waals surface area (Å²) in [5.41, 5.74) is 1.09.